The number of carbonyl (C=O) groups excluding carboxylic acids is 7. The lowest BCUT2D eigenvalue weighted by molar-refractivity contribution is -0.169. The molecule has 26 nitrogen and oxygen atoms in total. The zero-order chi connectivity index (χ0) is 71.1. The number of H-pyrrole nitrogens is 1. The number of nitrogens with zero attached hydrogens (tertiary/aromatic N) is 14. The minimum Gasteiger partial charge on any atom is -0.447 e. The minimum absolute atomic E-state index is 0.0960. The van der Waals surface area contributed by atoms with Crippen molar-refractivity contribution in [2.45, 2.75) is 95.4 Å². The number of Topliss-reactive ketones (excluding diaryl/α,β-unsaturated/α-hetero) is 3. The average Bonchev–Trinajstić information content (AvgIpc) is 1.54. The molecule has 7 aromatic heterocycles. The first kappa shape index (κ1) is 68.7. The highest BCUT2D eigenvalue weighted by atomic mass is 19.4. The maximum Gasteiger partial charge on any atom is 0.414 e. The lowest BCUT2D eigenvalue weighted by Crippen LogP contribution is -2.48. The summed E-state index contributed by atoms with van der Waals surface area (Å²) >= 11 is 0. The Balaban J connectivity index is 0.000000143. The summed E-state index contributed by atoms with van der Waals surface area (Å²) in [6.45, 7) is 6.40. The van der Waals surface area contributed by atoms with Crippen LogP contribution in [0.3, 0.4) is 0 Å². The van der Waals surface area contributed by atoms with Gasteiger partial charge in [0, 0.05) is 88.8 Å². The van der Waals surface area contributed by atoms with Crippen molar-refractivity contribution >= 4 is 110 Å². The van der Waals surface area contributed by atoms with Gasteiger partial charge >= 0.3 is 42.7 Å². The second kappa shape index (κ2) is 27.6. The lowest BCUT2D eigenvalue weighted by Gasteiger charge is -2.35. The summed E-state index contributed by atoms with van der Waals surface area (Å²) in [5, 5.41) is 15.7. The number of carbonyl (C=O) groups is 7. The number of hydrogen-bond donors (Lipinski definition) is 4. The van der Waals surface area contributed by atoms with Gasteiger partial charge in [-0.05, 0) is 86.0 Å². The molecule has 100 heavy (non-hydrogen) atoms. The van der Waals surface area contributed by atoms with Gasteiger partial charge in [-0.15, -0.1) is 6.42 Å². The first-order valence-corrected chi connectivity index (χ1v) is 31.6. The predicted octanol–water partition coefficient (Wildman–Crippen LogP) is 11.2. The van der Waals surface area contributed by atoms with E-state index in [1.54, 1.807) is 60.8 Å². The van der Waals surface area contributed by atoms with Crippen LogP contribution in [-0.2, 0) is 4.74 Å². The van der Waals surface area contributed by atoms with E-state index in [2.05, 4.69) is 66.9 Å². The monoisotopic (exact) mass is 1390 g/mol. The Hall–Kier alpha value is -11.2. The van der Waals surface area contributed by atoms with Crippen molar-refractivity contribution in [2.75, 3.05) is 103 Å². The number of terminal acetylenes is 1. The van der Waals surface area contributed by atoms with Crippen molar-refractivity contribution in [2.24, 2.45) is 11.8 Å². The number of amides is 7. The molecular formula is C65H61F9N18O8. The Morgan fingerprint density at radius 1 is 0.600 bits per heavy atom. The van der Waals surface area contributed by atoms with Crippen LogP contribution in [0, 0.1) is 24.2 Å². The third-order valence-electron chi connectivity index (χ3n) is 17.9. The van der Waals surface area contributed by atoms with Crippen LogP contribution in [0.5, 0.6) is 0 Å². The fourth-order valence-electron chi connectivity index (χ4n) is 12.6. The van der Waals surface area contributed by atoms with Crippen LogP contribution in [0.1, 0.15) is 95.8 Å². The number of ether oxygens (including phenoxy) is 1. The summed E-state index contributed by atoms with van der Waals surface area (Å²) in [5.41, 5.74) is 3.13. The van der Waals surface area contributed by atoms with Crippen molar-refractivity contribution in [3.63, 3.8) is 0 Å². The molecule has 522 valence electrons. The van der Waals surface area contributed by atoms with E-state index in [9.17, 15) is 73.1 Å². The Morgan fingerprint density at radius 3 is 1.53 bits per heavy atom. The molecule has 7 aliphatic rings. The molecule has 35 heteroatoms. The third-order valence-corrected chi connectivity index (χ3v) is 17.9. The second-order valence-corrected chi connectivity index (χ2v) is 24.6. The summed E-state index contributed by atoms with van der Waals surface area (Å²) in [7, 11) is 0. The summed E-state index contributed by atoms with van der Waals surface area (Å²) in [4.78, 5) is 126. The molecule has 0 aromatic carbocycles. The summed E-state index contributed by atoms with van der Waals surface area (Å²) in [6.07, 6.45) is -5.29. The Labute approximate surface area is 562 Å². The van der Waals surface area contributed by atoms with Gasteiger partial charge in [0.1, 0.15) is 41.1 Å². The van der Waals surface area contributed by atoms with Crippen molar-refractivity contribution in [3.05, 3.63) is 114 Å². The molecule has 7 aromatic rings. The molecule has 4 N–H and O–H groups in total. The summed E-state index contributed by atoms with van der Waals surface area (Å²) in [6, 6.07) is 16.8. The van der Waals surface area contributed by atoms with Gasteiger partial charge in [-0.3, -0.25) is 55.0 Å². The predicted molar refractivity (Wildman–Crippen MR) is 346 cm³/mol. The average molecular weight is 1390 g/mol. The third kappa shape index (κ3) is 14.7. The van der Waals surface area contributed by atoms with Crippen molar-refractivity contribution < 1.29 is 77.8 Å². The van der Waals surface area contributed by atoms with Crippen LogP contribution in [0.15, 0.2) is 91.4 Å². The highest BCUT2D eigenvalue weighted by molar-refractivity contribution is 6.09. The van der Waals surface area contributed by atoms with Crippen LogP contribution in [0.2, 0.25) is 0 Å². The highest BCUT2D eigenvalue weighted by Gasteiger charge is 2.46. The van der Waals surface area contributed by atoms with E-state index in [0.717, 1.165) is 13.8 Å². The van der Waals surface area contributed by atoms with Gasteiger partial charge in [0.25, 0.3) is 0 Å². The van der Waals surface area contributed by atoms with Crippen LogP contribution >= 0.6 is 0 Å². The molecule has 4 saturated heterocycles. The van der Waals surface area contributed by atoms with E-state index < -0.39 is 97.6 Å². The van der Waals surface area contributed by atoms with Crippen molar-refractivity contribution in [1.82, 2.24) is 40.1 Å². The van der Waals surface area contributed by atoms with Gasteiger partial charge < -0.3 is 19.4 Å². The molecule has 0 radical (unpaired) electrons. The number of aromatic nitrogens is 8. The number of rotatable bonds is 13. The van der Waals surface area contributed by atoms with Gasteiger partial charge in [0.05, 0.1) is 71.1 Å². The second-order valence-electron chi connectivity index (χ2n) is 24.6. The number of pyridine rings is 6. The Kier molecular flexibility index (Phi) is 19.0. The van der Waals surface area contributed by atoms with E-state index in [-0.39, 0.29) is 70.9 Å². The number of aromatic amines is 1. The van der Waals surface area contributed by atoms with E-state index in [1.165, 1.54) is 50.2 Å². The van der Waals surface area contributed by atoms with E-state index in [0.29, 0.717) is 110 Å². The summed E-state index contributed by atoms with van der Waals surface area (Å²) < 4.78 is 120. The fourth-order valence-corrected chi connectivity index (χ4v) is 12.6. The quantitative estimate of drug-likeness (QED) is 0.0474. The number of urea groups is 3. The number of halogens is 9. The zero-order valence-electron chi connectivity index (χ0n) is 53.2. The van der Waals surface area contributed by atoms with Crippen LogP contribution in [-0.4, -0.2) is 171 Å². The van der Waals surface area contributed by atoms with Gasteiger partial charge in [0.15, 0.2) is 40.5 Å². The highest BCUT2D eigenvalue weighted by Crippen LogP contribution is 2.44. The zero-order valence-corrected chi connectivity index (χ0v) is 53.2. The molecule has 0 saturated carbocycles. The molecule has 14 heterocycles. The number of anilines is 10. The van der Waals surface area contributed by atoms with Gasteiger partial charge in [0.2, 0.25) is 0 Å². The first-order valence-electron chi connectivity index (χ1n) is 31.6. The van der Waals surface area contributed by atoms with E-state index >= 15 is 0 Å². The van der Waals surface area contributed by atoms with E-state index in [4.69, 9.17) is 11.2 Å². The van der Waals surface area contributed by atoms with Crippen molar-refractivity contribution in [3.8, 4) is 12.3 Å². The fraction of sp³-hybridized carbons (Fsp3) is 0.385. The molecule has 7 aliphatic heterocycles. The molecule has 4 fully saturated rings. The molecule has 6 bridgehead atoms. The molecule has 0 unspecified atom stereocenters. The SMILES string of the molecule is C#Cc1ccnc(NC(=O)N2c3nc(C(=O)CCC(F)(F)F)ccc3N3CC[C@H]2C3)c1.C[C@@H](CC(=O)c1ccc2c(n1)N(C(=O)Nc1[nH]nc3ncccc13)[C@H]1CCN2C1)C(F)(F)F.C[C@@H](CC(=O)c1ccc2c(n1)N(C(=O)Nc1cc(N3CCOC3=O)ccn1)[C@H]1CCN2C1)C(F)(F)F. The Morgan fingerprint density at radius 2 is 1.07 bits per heavy atom. The number of ketones is 3. The molecular weight excluding hydrogens is 1330 g/mol. The number of cyclic esters (lactones) is 1. The summed E-state index contributed by atoms with van der Waals surface area (Å²) in [5.74, 6) is -1.78. The van der Waals surface area contributed by atoms with Gasteiger partial charge in [-0.25, -0.2) is 49.1 Å². The van der Waals surface area contributed by atoms with E-state index in [1.807, 2.05) is 9.80 Å². The number of fused-ring (bicyclic) bond motifs is 13. The topological polar surface area (TPSA) is 294 Å². The van der Waals surface area contributed by atoms with Crippen LogP contribution in [0.25, 0.3) is 11.0 Å². The lowest BCUT2D eigenvalue weighted by atomic mass is 10.0. The smallest absolute Gasteiger partial charge is 0.414 e. The molecule has 5 atom stereocenters. The van der Waals surface area contributed by atoms with Crippen LogP contribution in [0.4, 0.5) is 116 Å². The minimum atomic E-state index is -4.49. The standard InChI is InChI=1S/C23H23F3N6O4.C21H20F3N7O2.C21H18F3N5O2/c1-13(23(24,25)26)10-18(33)16-2-3-17-20(28-16)32(15-5-7-30(17)12-15)21(34)29-19-11-14(4-6-27-19)31-8-9-36-22(31)35;1-11(21(22,23)24)9-16(32)14-4-5-15-19(26-14)31(12-6-8-30(15)10-12)20(33)27-18-13-3-2-7-25-17(13)28-29-18;1-2-13-6-9-25-18(11-13)27-20(31)29-14-7-10-28(12-14)16-4-3-15(26-19(16)29)17(30)5-8-21(22,23)24/h2-4,6,11,13,15H,5,7-10,12H2,1H3,(H,27,29,34);2-5,7,11-12H,6,8-10H2,1H3,(H2,25,27,28,29,33);1,3-4,6,9,11,14H,5,7-8,10,12H2,(H,25,27,31)/t13-,15-;11-,12-;14-/m000/s1. The van der Waals surface area contributed by atoms with Crippen molar-refractivity contribution in [1.29, 1.82) is 0 Å². The van der Waals surface area contributed by atoms with Crippen LogP contribution < -0.4 is 50.2 Å². The molecule has 7 amide bonds. The maximum atomic E-state index is 13.4. The maximum absolute atomic E-state index is 13.4. The van der Waals surface area contributed by atoms with Gasteiger partial charge in [-0.2, -0.15) is 44.6 Å². The molecule has 0 spiro atoms. The Bertz CT molecular complexity index is 4410. The van der Waals surface area contributed by atoms with Gasteiger partial charge in [-0.1, -0.05) is 19.8 Å². The molecule has 0 aliphatic carbocycles. The molecule has 14 rings (SSSR count). The number of nitrogens with one attached hydrogen (secondary N) is 4. The normalized spacial score (nSPS) is 18.5. The largest absolute Gasteiger partial charge is 0.447 e. The number of alkyl halides is 9. The number of hydrogen-bond acceptors (Lipinski definition) is 18. The first-order chi connectivity index (χ1) is 47.6.